The van der Waals surface area contributed by atoms with Crippen LogP contribution in [0.5, 0.6) is 0 Å². The van der Waals surface area contributed by atoms with E-state index in [1.165, 1.54) is 10.8 Å². The van der Waals surface area contributed by atoms with Gasteiger partial charge in [-0.3, -0.25) is 4.79 Å². The molecule has 198 valence electrons. The maximum absolute atomic E-state index is 13.7. The van der Waals surface area contributed by atoms with Crippen LogP contribution in [0.4, 0.5) is 0 Å². The van der Waals surface area contributed by atoms with E-state index >= 15 is 0 Å². The highest BCUT2D eigenvalue weighted by molar-refractivity contribution is 6.12. The minimum absolute atomic E-state index is 0.480. The number of carboxylic acids is 1. The van der Waals surface area contributed by atoms with Crippen molar-refractivity contribution in [3.63, 3.8) is 0 Å². The van der Waals surface area contributed by atoms with Gasteiger partial charge in [0.25, 0.3) is 0 Å². The number of benzene rings is 7. The Morgan fingerprint density at radius 1 is 0.561 bits per heavy atom. The van der Waals surface area contributed by atoms with Crippen LogP contribution in [-0.4, -0.2) is 11.1 Å². The Bertz CT molecular complexity index is 1990. The minimum Gasteiger partial charge on any atom is -0.481 e. The highest BCUT2D eigenvalue weighted by Gasteiger charge is 2.46. The topological polar surface area (TPSA) is 37.3 Å². The average Bonchev–Trinajstić information content (AvgIpc) is 3.01. The number of aliphatic carboxylic acids is 1. The Balaban J connectivity index is 1.68. The largest absolute Gasteiger partial charge is 0.481 e. The van der Waals surface area contributed by atoms with Crippen LogP contribution >= 0.6 is 0 Å². The second kappa shape index (κ2) is 9.60. The Labute approximate surface area is 239 Å². The summed E-state index contributed by atoms with van der Waals surface area (Å²) in [5.41, 5.74) is 2.67. The second-order valence-electron chi connectivity index (χ2n) is 11.3. The minimum atomic E-state index is -1.26. The van der Waals surface area contributed by atoms with Crippen molar-refractivity contribution in [2.24, 2.45) is 0 Å². The molecule has 0 spiro atoms. The maximum atomic E-state index is 13.7. The van der Waals surface area contributed by atoms with E-state index in [2.05, 4.69) is 109 Å². The lowest BCUT2D eigenvalue weighted by molar-refractivity contribution is -0.143. The summed E-state index contributed by atoms with van der Waals surface area (Å²) in [6.45, 7) is 3.94. The number of rotatable bonds is 5. The van der Waals surface area contributed by atoms with Crippen molar-refractivity contribution in [1.29, 1.82) is 0 Å². The SMILES string of the molecule is Cc1ccc([C@](C)(C(=O)O)C(c2cc3ccccc3c3ccccc23)c2cc3ccccc3c3ccccc23)cc1. The summed E-state index contributed by atoms with van der Waals surface area (Å²) in [5.74, 6) is -1.33. The molecule has 0 aliphatic rings. The first-order chi connectivity index (χ1) is 20.0. The van der Waals surface area contributed by atoms with Gasteiger partial charge in [-0.15, -0.1) is 0 Å². The van der Waals surface area contributed by atoms with Gasteiger partial charge in [-0.25, -0.2) is 0 Å². The lowest BCUT2D eigenvalue weighted by Crippen LogP contribution is -2.39. The molecule has 0 aliphatic heterocycles. The van der Waals surface area contributed by atoms with Crippen LogP contribution < -0.4 is 0 Å². The Hall–Kier alpha value is -4.95. The van der Waals surface area contributed by atoms with Gasteiger partial charge in [0, 0.05) is 5.92 Å². The Morgan fingerprint density at radius 2 is 0.951 bits per heavy atom. The van der Waals surface area contributed by atoms with E-state index in [1.807, 2.05) is 38.1 Å². The van der Waals surface area contributed by atoms with Gasteiger partial charge < -0.3 is 5.11 Å². The van der Waals surface area contributed by atoms with Gasteiger partial charge in [-0.2, -0.15) is 0 Å². The van der Waals surface area contributed by atoms with E-state index in [9.17, 15) is 9.90 Å². The lowest BCUT2D eigenvalue weighted by atomic mass is 9.64. The van der Waals surface area contributed by atoms with E-state index in [4.69, 9.17) is 0 Å². The Morgan fingerprint density at radius 3 is 1.39 bits per heavy atom. The first-order valence-corrected chi connectivity index (χ1v) is 14.1. The molecular formula is C39H30O2. The van der Waals surface area contributed by atoms with Crippen LogP contribution in [0.2, 0.25) is 0 Å². The third-order valence-corrected chi connectivity index (χ3v) is 8.89. The molecule has 0 saturated carbocycles. The molecule has 7 aromatic rings. The molecule has 0 radical (unpaired) electrons. The lowest BCUT2D eigenvalue weighted by Gasteiger charge is -2.37. The van der Waals surface area contributed by atoms with Crippen molar-refractivity contribution in [2.75, 3.05) is 0 Å². The number of carboxylic acid groups (broad SMARTS) is 1. The van der Waals surface area contributed by atoms with Gasteiger partial charge in [0.2, 0.25) is 0 Å². The summed E-state index contributed by atoms with van der Waals surface area (Å²) in [6, 6.07) is 46.1. The summed E-state index contributed by atoms with van der Waals surface area (Å²) < 4.78 is 0. The second-order valence-corrected chi connectivity index (χ2v) is 11.3. The summed E-state index contributed by atoms with van der Waals surface area (Å²) in [5, 5.41) is 20.2. The summed E-state index contributed by atoms with van der Waals surface area (Å²) in [6.07, 6.45) is 0. The van der Waals surface area contributed by atoms with Crippen molar-refractivity contribution >= 4 is 49.1 Å². The Kier molecular flexibility index (Phi) is 5.87. The summed E-state index contributed by atoms with van der Waals surface area (Å²) in [7, 11) is 0. The van der Waals surface area contributed by atoms with Gasteiger partial charge in [-0.1, -0.05) is 127 Å². The highest BCUT2D eigenvalue weighted by Crippen LogP contribution is 2.50. The zero-order valence-electron chi connectivity index (χ0n) is 23.1. The molecule has 0 amide bonds. The van der Waals surface area contributed by atoms with Gasteiger partial charge >= 0.3 is 5.97 Å². The molecule has 0 aromatic heterocycles. The molecule has 41 heavy (non-hydrogen) atoms. The number of hydrogen-bond acceptors (Lipinski definition) is 1. The molecule has 0 unspecified atom stereocenters. The fourth-order valence-corrected chi connectivity index (χ4v) is 6.75. The van der Waals surface area contributed by atoms with Gasteiger partial charge in [0.15, 0.2) is 0 Å². The monoisotopic (exact) mass is 530 g/mol. The van der Waals surface area contributed by atoms with Crippen LogP contribution in [0.15, 0.2) is 133 Å². The predicted octanol–water partition coefficient (Wildman–Crippen LogP) is 9.78. The molecule has 0 bridgehead atoms. The zero-order chi connectivity index (χ0) is 28.1. The van der Waals surface area contributed by atoms with Crippen molar-refractivity contribution in [3.05, 3.63) is 156 Å². The third-order valence-electron chi connectivity index (χ3n) is 8.89. The van der Waals surface area contributed by atoms with E-state index < -0.39 is 17.3 Å². The quantitative estimate of drug-likeness (QED) is 0.225. The maximum Gasteiger partial charge on any atom is 0.314 e. The van der Waals surface area contributed by atoms with Crippen LogP contribution in [0.25, 0.3) is 43.1 Å². The summed E-state index contributed by atoms with van der Waals surface area (Å²) in [4.78, 5) is 13.7. The van der Waals surface area contributed by atoms with Gasteiger partial charge in [-0.05, 0) is 85.8 Å². The fourth-order valence-electron chi connectivity index (χ4n) is 6.75. The van der Waals surface area contributed by atoms with Gasteiger partial charge in [0.1, 0.15) is 5.41 Å². The zero-order valence-corrected chi connectivity index (χ0v) is 23.1. The third kappa shape index (κ3) is 3.90. The molecule has 0 saturated heterocycles. The molecule has 2 heteroatoms. The molecule has 7 rings (SSSR count). The van der Waals surface area contributed by atoms with Crippen molar-refractivity contribution in [3.8, 4) is 0 Å². The van der Waals surface area contributed by atoms with Crippen molar-refractivity contribution in [1.82, 2.24) is 0 Å². The molecule has 7 aromatic carbocycles. The van der Waals surface area contributed by atoms with E-state index in [0.29, 0.717) is 0 Å². The van der Waals surface area contributed by atoms with Crippen molar-refractivity contribution < 1.29 is 9.90 Å². The van der Waals surface area contributed by atoms with Crippen molar-refractivity contribution in [2.45, 2.75) is 25.2 Å². The number of carbonyl (C=O) groups is 1. The van der Waals surface area contributed by atoms with E-state index in [0.717, 1.165) is 54.6 Å². The molecule has 1 N–H and O–H groups in total. The van der Waals surface area contributed by atoms with Crippen LogP contribution in [0.3, 0.4) is 0 Å². The molecule has 1 atom stereocenters. The van der Waals surface area contributed by atoms with Crippen LogP contribution in [0.1, 0.15) is 35.1 Å². The number of aryl methyl sites for hydroxylation is 1. The molecule has 0 heterocycles. The molecule has 2 nitrogen and oxygen atoms in total. The smallest absolute Gasteiger partial charge is 0.314 e. The first-order valence-electron chi connectivity index (χ1n) is 14.1. The molecule has 0 aliphatic carbocycles. The standard InChI is InChI=1S/C39H30O2/c1-25-19-21-28(22-20-25)39(2,38(40)41)37(35-23-26-11-3-5-13-29(26)31-15-7-9-17-33(31)35)36-24-27-12-4-6-14-30(27)32-16-8-10-18-34(32)36/h3-24,37H,1-2H3,(H,40,41)/t39-/m0/s1. The predicted molar refractivity (Wildman–Crippen MR) is 171 cm³/mol. The van der Waals surface area contributed by atoms with E-state index in [-0.39, 0.29) is 0 Å². The van der Waals surface area contributed by atoms with Crippen LogP contribution in [-0.2, 0) is 10.2 Å². The highest BCUT2D eigenvalue weighted by atomic mass is 16.4. The number of hydrogen-bond donors (Lipinski definition) is 1. The first kappa shape index (κ1) is 25.0. The number of fused-ring (bicyclic) bond motifs is 6. The normalized spacial score (nSPS) is 13.2. The molecular weight excluding hydrogens is 500 g/mol. The van der Waals surface area contributed by atoms with Gasteiger partial charge in [0.05, 0.1) is 0 Å². The van der Waals surface area contributed by atoms with Crippen LogP contribution in [0, 0.1) is 6.92 Å². The summed E-state index contributed by atoms with van der Waals surface area (Å²) >= 11 is 0. The van der Waals surface area contributed by atoms with E-state index in [1.54, 1.807) is 0 Å². The molecule has 0 fully saturated rings. The average molecular weight is 531 g/mol. The fraction of sp³-hybridized carbons (Fsp3) is 0.103.